The van der Waals surface area contributed by atoms with Gasteiger partial charge in [-0.15, -0.1) is 0 Å². The molecule has 0 heterocycles. The van der Waals surface area contributed by atoms with Crippen LogP contribution in [0.25, 0.3) is 0 Å². The van der Waals surface area contributed by atoms with Crippen molar-refractivity contribution in [1.82, 2.24) is 0 Å². The smallest absolute Gasteiger partial charge is 0.250 e. The Bertz CT molecular complexity index is 354. The van der Waals surface area contributed by atoms with Crippen LogP contribution in [-0.4, -0.2) is 12.5 Å². The second-order valence-electron chi connectivity index (χ2n) is 3.39. The van der Waals surface area contributed by atoms with E-state index in [0.29, 0.717) is 12.0 Å². The molecular formula is C12H14NO2. The second kappa shape index (κ2) is 5.32. The molecule has 0 saturated heterocycles. The Morgan fingerprint density at radius 1 is 1.33 bits per heavy atom. The lowest BCUT2D eigenvalue weighted by Crippen LogP contribution is -2.11. The topological polar surface area (TPSA) is 49.0 Å². The summed E-state index contributed by atoms with van der Waals surface area (Å²) in [5.41, 5.74) is 2.18. The van der Waals surface area contributed by atoms with E-state index in [1.807, 2.05) is 12.1 Å². The van der Waals surface area contributed by atoms with Gasteiger partial charge in [0.1, 0.15) is 0 Å². The Morgan fingerprint density at radius 2 is 1.93 bits per heavy atom. The lowest BCUT2D eigenvalue weighted by Gasteiger charge is -2.05. The highest BCUT2D eigenvalue weighted by Gasteiger charge is 2.01. The maximum atomic E-state index is 11.3. The summed E-state index contributed by atoms with van der Waals surface area (Å²) in [4.78, 5) is 11.3. The van der Waals surface area contributed by atoms with Gasteiger partial charge in [0.05, 0.1) is 6.61 Å². The van der Waals surface area contributed by atoms with E-state index in [1.165, 1.54) is 0 Å². The molecule has 1 aromatic rings. The number of benzene rings is 1. The summed E-state index contributed by atoms with van der Waals surface area (Å²) in [7, 11) is 0. The van der Waals surface area contributed by atoms with E-state index < -0.39 is 0 Å². The van der Waals surface area contributed by atoms with Gasteiger partial charge >= 0.3 is 0 Å². The summed E-state index contributed by atoms with van der Waals surface area (Å²) in [6.45, 7) is 5.09. The fourth-order valence-corrected chi connectivity index (χ4v) is 1.11. The number of hydrogen-bond acceptors (Lipinski definition) is 1. The van der Waals surface area contributed by atoms with E-state index in [9.17, 15) is 9.90 Å². The predicted molar refractivity (Wildman–Crippen MR) is 59.1 cm³/mol. The van der Waals surface area contributed by atoms with Gasteiger partial charge in [-0.1, -0.05) is 18.7 Å². The fraction of sp³-hybridized carbons (Fsp3) is 0.250. The van der Waals surface area contributed by atoms with Crippen molar-refractivity contribution in [1.29, 1.82) is 0 Å². The molecule has 0 bridgehead atoms. The molecule has 3 nitrogen and oxygen atoms in total. The average molecular weight is 204 g/mol. The third-order valence-electron chi connectivity index (χ3n) is 1.99. The first-order valence-electron chi connectivity index (χ1n) is 4.77. The minimum atomic E-state index is -0.188. The number of rotatable bonds is 4. The monoisotopic (exact) mass is 204 g/mol. The standard InChI is InChI=1S/C12H14NO2/c1-9(2)12(15)13-11-5-3-10(4-6-11)7-8-14/h3-6H,1,7-8H2,2H3,(H,13,15). The molecule has 1 rings (SSSR count). The Balaban J connectivity index is 2.64. The van der Waals surface area contributed by atoms with Gasteiger partial charge in [-0.05, 0) is 31.0 Å². The number of nitrogens with one attached hydrogen (secondary N) is 1. The van der Waals surface area contributed by atoms with Crippen LogP contribution in [0.5, 0.6) is 0 Å². The number of carbonyl (C=O) groups excluding carboxylic acids is 1. The normalized spacial score (nSPS) is 9.73. The maximum absolute atomic E-state index is 11.3. The molecule has 1 radical (unpaired) electrons. The molecule has 0 aliphatic heterocycles. The lowest BCUT2D eigenvalue weighted by molar-refractivity contribution is -0.112. The highest BCUT2D eigenvalue weighted by Crippen LogP contribution is 2.10. The molecule has 3 heteroatoms. The summed E-state index contributed by atoms with van der Waals surface area (Å²) in [5.74, 6) is -0.188. The SMILES string of the molecule is C=C(C)C(=O)Nc1ccc(CC[O])cc1. The highest BCUT2D eigenvalue weighted by molar-refractivity contribution is 6.02. The van der Waals surface area contributed by atoms with E-state index >= 15 is 0 Å². The predicted octanol–water partition coefficient (Wildman–Crippen LogP) is 2.17. The van der Waals surface area contributed by atoms with E-state index in [0.717, 1.165) is 11.3 Å². The largest absolute Gasteiger partial charge is 0.322 e. The highest BCUT2D eigenvalue weighted by atomic mass is 16.2. The minimum absolute atomic E-state index is 0.114. The van der Waals surface area contributed by atoms with Crippen LogP contribution in [0.15, 0.2) is 36.4 Å². The zero-order chi connectivity index (χ0) is 11.3. The van der Waals surface area contributed by atoms with Gasteiger partial charge in [0.15, 0.2) is 0 Å². The molecule has 0 atom stereocenters. The molecule has 0 saturated carbocycles. The van der Waals surface area contributed by atoms with E-state index in [1.54, 1.807) is 19.1 Å². The van der Waals surface area contributed by atoms with Gasteiger partial charge in [-0.25, -0.2) is 5.11 Å². The van der Waals surface area contributed by atoms with E-state index in [4.69, 9.17) is 0 Å². The number of anilines is 1. The van der Waals surface area contributed by atoms with Crippen molar-refractivity contribution in [2.45, 2.75) is 13.3 Å². The minimum Gasteiger partial charge on any atom is -0.322 e. The molecule has 1 amide bonds. The first-order valence-corrected chi connectivity index (χ1v) is 4.77. The van der Waals surface area contributed by atoms with Crippen molar-refractivity contribution in [2.24, 2.45) is 0 Å². The molecule has 1 N–H and O–H groups in total. The Morgan fingerprint density at radius 3 is 2.40 bits per heavy atom. The van der Waals surface area contributed by atoms with Crippen molar-refractivity contribution >= 4 is 11.6 Å². The van der Waals surface area contributed by atoms with Gasteiger partial charge in [0.25, 0.3) is 5.91 Å². The van der Waals surface area contributed by atoms with E-state index in [2.05, 4.69) is 11.9 Å². The zero-order valence-corrected chi connectivity index (χ0v) is 8.75. The zero-order valence-electron chi connectivity index (χ0n) is 8.75. The van der Waals surface area contributed by atoms with Gasteiger partial charge in [0.2, 0.25) is 0 Å². The van der Waals surface area contributed by atoms with Crippen molar-refractivity contribution in [3.05, 3.63) is 42.0 Å². The molecule has 0 aliphatic carbocycles. The van der Waals surface area contributed by atoms with Crippen LogP contribution in [-0.2, 0) is 16.3 Å². The first-order chi connectivity index (χ1) is 7.13. The summed E-state index contributed by atoms with van der Waals surface area (Å²) < 4.78 is 0. The fourth-order valence-electron chi connectivity index (χ4n) is 1.11. The summed E-state index contributed by atoms with van der Waals surface area (Å²) in [6.07, 6.45) is 0.523. The molecule has 0 unspecified atom stereocenters. The third kappa shape index (κ3) is 3.56. The van der Waals surface area contributed by atoms with Gasteiger partial charge in [0, 0.05) is 11.3 Å². The van der Waals surface area contributed by atoms with Gasteiger partial charge < -0.3 is 5.32 Å². The van der Waals surface area contributed by atoms with Crippen LogP contribution < -0.4 is 5.32 Å². The molecule has 0 aromatic heterocycles. The number of hydrogen-bond donors (Lipinski definition) is 1. The first kappa shape index (κ1) is 11.5. The Kier molecular flexibility index (Phi) is 4.06. The Hall–Kier alpha value is -1.61. The van der Waals surface area contributed by atoms with E-state index in [-0.39, 0.29) is 12.5 Å². The van der Waals surface area contributed by atoms with Gasteiger partial charge in [-0.2, -0.15) is 0 Å². The molecular weight excluding hydrogens is 190 g/mol. The van der Waals surface area contributed by atoms with Crippen LogP contribution >= 0.6 is 0 Å². The van der Waals surface area contributed by atoms with Gasteiger partial charge in [-0.3, -0.25) is 4.79 Å². The van der Waals surface area contributed by atoms with Crippen LogP contribution in [0.1, 0.15) is 12.5 Å². The van der Waals surface area contributed by atoms with Crippen LogP contribution in [0.3, 0.4) is 0 Å². The molecule has 1 aromatic carbocycles. The quantitative estimate of drug-likeness (QED) is 0.751. The molecule has 79 valence electrons. The third-order valence-corrected chi connectivity index (χ3v) is 1.99. The second-order valence-corrected chi connectivity index (χ2v) is 3.39. The summed E-state index contributed by atoms with van der Waals surface area (Å²) in [6, 6.07) is 7.25. The molecule has 0 aliphatic rings. The Labute approximate surface area is 89.4 Å². The summed E-state index contributed by atoms with van der Waals surface area (Å²) >= 11 is 0. The maximum Gasteiger partial charge on any atom is 0.250 e. The molecule has 0 fully saturated rings. The number of carbonyl (C=O) groups is 1. The molecule has 15 heavy (non-hydrogen) atoms. The van der Waals surface area contributed by atoms with Crippen molar-refractivity contribution in [2.75, 3.05) is 11.9 Å². The average Bonchev–Trinajstić information content (AvgIpc) is 2.21. The van der Waals surface area contributed by atoms with Crippen LogP contribution in [0, 0.1) is 0 Å². The summed E-state index contributed by atoms with van der Waals surface area (Å²) in [5, 5.41) is 13.1. The number of amides is 1. The van der Waals surface area contributed by atoms with Crippen LogP contribution in [0.4, 0.5) is 5.69 Å². The van der Waals surface area contributed by atoms with Crippen molar-refractivity contribution < 1.29 is 9.90 Å². The van der Waals surface area contributed by atoms with Crippen molar-refractivity contribution in [3.63, 3.8) is 0 Å². The molecule has 0 spiro atoms. The van der Waals surface area contributed by atoms with Crippen molar-refractivity contribution in [3.8, 4) is 0 Å². The lowest BCUT2D eigenvalue weighted by atomic mass is 10.1. The van der Waals surface area contributed by atoms with Crippen LogP contribution in [0.2, 0.25) is 0 Å².